The van der Waals surface area contributed by atoms with Crippen molar-refractivity contribution in [3.63, 3.8) is 0 Å². The molecule has 5 nitrogen and oxygen atoms in total. The second-order valence-corrected chi connectivity index (χ2v) is 5.30. The number of hydrogen-bond acceptors (Lipinski definition) is 5. The third-order valence-corrected chi connectivity index (χ3v) is 3.37. The van der Waals surface area contributed by atoms with Crippen LogP contribution in [0.5, 0.6) is 0 Å². The zero-order valence-electron chi connectivity index (χ0n) is 13.4. The third kappa shape index (κ3) is 2.41. The lowest BCUT2D eigenvalue weighted by atomic mass is 9.81. The quantitative estimate of drug-likeness (QED) is 0.749. The maximum absolute atomic E-state index is 7.97. The second-order valence-electron chi connectivity index (χ2n) is 5.30. The molecule has 98 valence electrons. The van der Waals surface area contributed by atoms with Crippen LogP contribution >= 0.6 is 0 Å². The van der Waals surface area contributed by atoms with Gasteiger partial charge in [-0.25, -0.2) is 9.97 Å². The van der Waals surface area contributed by atoms with Crippen molar-refractivity contribution < 1.29 is 16.8 Å². The summed E-state index contributed by atoms with van der Waals surface area (Å²) in [5.74, 6) is 0.308. The summed E-state index contributed by atoms with van der Waals surface area (Å²) in [5, 5.41) is 0. The highest BCUT2D eigenvalue weighted by atomic mass is 16.7. The van der Waals surface area contributed by atoms with E-state index in [-0.39, 0.29) is 24.4 Å². The Morgan fingerprint density at radius 1 is 1.22 bits per heavy atom. The standard InChI is InChI=1S/C12H19BN2O3/c1-11(2)12(3,4)18-13(17-11)9-6-14-10(8-16-5)15-7-9/h6-7H,8H2,1-5H3/i6D,7D. The van der Waals surface area contributed by atoms with Gasteiger partial charge in [-0.2, -0.15) is 0 Å². The fraction of sp³-hybridized carbons (Fsp3) is 0.667. The van der Waals surface area contributed by atoms with Gasteiger partial charge in [0.2, 0.25) is 0 Å². The number of nitrogens with zero attached hydrogens (tertiary/aromatic N) is 2. The zero-order chi connectivity index (χ0) is 15.1. The lowest BCUT2D eigenvalue weighted by Crippen LogP contribution is -2.41. The molecular formula is C12H19BN2O3. The van der Waals surface area contributed by atoms with Gasteiger partial charge in [-0.05, 0) is 27.7 Å². The Kier molecular flexibility index (Phi) is 2.79. The van der Waals surface area contributed by atoms with Gasteiger partial charge in [-0.15, -0.1) is 0 Å². The van der Waals surface area contributed by atoms with Crippen molar-refractivity contribution in [3.8, 4) is 0 Å². The van der Waals surface area contributed by atoms with Gasteiger partial charge in [-0.3, -0.25) is 0 Å². The smallest absolute Gasteiger partial charge is 0.399 e. The van der Waals surface area contributed by atoms with Crippen LogP contribution in [0.1, 0.15) is 36.3 Å². The average molecular weight is 252 g/mol. The highest BCUT2D eigenvalue weighted by Crippen LogP contribution is 2.36. The molecule has 0 radical (unpaired) electrons. The minimum atomic E-state index is -0.795. The SMILES string of the molecule is [2H]c1nc(COC)nc([2H])c1B1OC(C)(C)C(C)(C)O1. The van der Waals surface area contributed by atoms with Crippen molar-refractivity contribution >= 4 is 12.6 Å². The molecule has 0 aromatic carbocycles. The van der Waals surface area contributed by atoms with E-state index in [1.165, 1.54) is 7.11 Å². The maximum Gasteiger partial charge on any atom is 0.498 e. The molecule has 0 aliphatic carbocycles. The van der Waals surface area contributed by atoms with E-state index in [9.17, 15) is 0 Å². The summed E-state index contributed by atoms with van der Waals surface area (Å²) < 4.78 is 32.5. The molecule has 0 amide bonds. The molecule has 0 saturated carbocycles. The minimum Gasteiger partial charge on any atom is -0.399 e. The minimum absolute atomic E-state index is 0.0597. The topological polar surface area (TPSA) is 53.5 Å². The van der Waals surface area contributed by atoms with Crippen LogP contribution in [0.3, 0.4) is 0 Å². The fourth-order valence-corrected chi connectivity index (χ4v) is 1.56. The van der Waals surface area contributed by atoms with E-state index in [2.05, 4.69) is 9.97 Å². The first-order valence-electron chi connectivity index (χ1n) is 6.86. The van der Waals surface area contributed by atoms with Gasteiger partial charge in [0.25, 0.3) is 0 Å². The van der Waals surface area contributed by atoms with Crippen molar-refractivity contribution in [2.45, 2.75) is 45.5 Å². The Morgan fingerprint density at radius 2 is 1.72 bits per heavy atom. The molecule has 2 heterocycles. The Bertz CT molecular complexity index is 486. The van der Waals surface area contributed by atoms with Crippen molar-refractivity contribution in [1.82, 2.24) is 9.97 Å². The molecule has 1 aliphatic heterocycles. The lowest BCUT2D eigenvalue weighted by molar-refractivity contribution is 0.00578. The first-order chi connectivity index (χ1) is 9.18. The van der Waals surface area contributed by atoms with E-state index >= 15 is 0 Å². The molecule has 2 rings (SSSR count). The monoisotopic (exact) mass is 252 g/mol. The van der Waals surface area contributed by atoms with E-state index in [1.807, 2.05) is 27.7 Å². The molecule has 0 N–H and O–H groups in total. The van der Waals surface area contributed by atoms with Crippen molar-refractivity contribution in [2.24, 2.45) is 0 Å². The molecule has 1 fully saturated rings. The Labute approximate surface area is 111 Å². The molecule has 0 bridgehead atoms. The summed E-state index contributed by atoms with van der Waals surface area (Å²) in [4.78, 5) is 8.03. The number of methoxy groups -OCH3 is 1. The number of aromatic nitrogens is 2. The predicted octanol–water partition coefficient (Wildman–Crippen LogP) is 0.922. The highest BCUT2D eigenvalue weighted by Gasteiger charge is 2.51. The van der Waals surface area contributed by atoms with E-state index in [0.29, 0.717) is 5.82 Å². The summed E-state index contributed by atoms with van der Waals surface area (Å²) in [5.41, 5.74) is -0.799. The summed E-state index contributed by atoms with van der Waals surface area (Å²) in [7, 11) is 0.718. The molecule has 1 aliphatic rings. The van der Waals surface area contributed by atoms with Crippen LogP contribution in [0.4, 0.5) is 0 Å². The molecule has 1 aromatic heterocycles. The summed E-state index contributed by atoms with van der Waals surface area (Å²) in [6.07, 6.45) is -0.119. The van der Waals surface area contributed by atoms with Gasteiger partial charge in [0.1, 0.15) is 6.61 Å². The van der Waals surface area contributed by atoms with Crippen LogP contribution in [0, 0.1) is 0 Å². The Morgan fingerprint density at radius 3 is 2.17 bits per heavy atom. The first kappa shape index (κ1) is 10.9. The maximum atomic E-state index is 7.97. The van der Waals surface area contributed by atoms with E-state index < -0.39 is 18.3 Å². The van der Waals surface area contributed by atoms with Crippen molar-refractivity contribution in [1.29, 1.82) is 0 Å². The molecular weight excluding hydrogens is 231 g/mol. The Balaban J connectivity index is 2.36. The van der Waals surface area contributed by atoms with Gasteiger partial charge in [0, 0.05) is 24.9 Å². The molecule has 0 atom stereocenters. The lowest BCUT2D eigenvalue weighted by Gasteiger charge is -2.32. The van der Waals surface area contributed by atoms with Crippen LogP contribution in [0.25, 0.3) is 0 Å². The highest BCUT2D eigenvalue weighted by molar-refractivity contribution is 6.61. The van der Waals surface area contributed by atoms with Crippen molar-refractivity contribution in [2.75, 3.05) is 7.11 Å². The molecule has 6 heteroatoms. The van der Waals surface area contributed by atoms with Crippen LogP contribution in [-0.4, -0.2) is 35.4 Å². The Hall–Kier alpha value is -0.975. The van der Waals surface area contributed by atoms with Crippen LogP contribution in [-0.2, 0) is 20.7 Å². The molecule has 1 saturated heterocycles. The predicted molar refractivity (Wildman–Crippen MR) is 68.5 cm³/mol. The molecule has 1 aromatic rings. The van der Waals surface area contributed by atoms with Gasteiger partial charge in [-0.1, -0.05) is 0 Å². The number of ether oxygens (including phenoxy) is 1. The van der Waals surface area contributed by atoms with E-state index in [1.54, 1.807) is 0 Å². The van der Waals surface area contributed by atoms with Crippen molar-refractivity contribution in [3.05, 3.63) is 18.2 Å². The summed E-state index contributed by atoms with van der Waals surface area (Å²) in [6.45, 7) is 7.84. The van der Waals surface area contributed by atoms with E-state index in [0.717, 1.165) is 0 Å². The largest absolute Gasteiger partial charge is 0.498 e. The number of hydrogen-bond donors (Lipinski definition) is 0. The normalized spacial score (nSPS) is 22.8. The van der Waals surface area contributed by atoms with Crippen LogP contribution in [0.2, 0.25) is 0 Å². The van der Waals surface area contributed by atoms with Gasteiger partial charge < -0.3 is 14.0 Å². The van der Waals surface area contributed by atoms with Gasteiger partial charge in [0.05, 0.1) is 13.9 Å². The number of rotatable bonds is 3. The first-order valence-corrected chi connectivity index (χ1v) is 5.86. The van der Waals surface area contributed by atoms with Crippen LogP contribution < -0.4 is 5.46 Å². The molecule has 0 spiro atoms. The average Bonchev–Trinajstić information content (AvgIpc) is 2.46. The van der Waals surface area contributed by atoms with E-state index in [4.69, 9.17) is 16.8 Å². The molecule has 0 unspecified atom stereocenters. The summed E-state index contributed by atoms with van der Waals surface area (Å²) in [6, 6.07) is 0. The third-order valence-electron chi connectivity index (χ3n) is 3.37. The van der Waals surface area contributed by atoms with Gasteiger partial charge in [0.15, 0.2) is 5.82 Å². The zero-order valence-corrected chi connectivity index (χ0v) is 11.4. The summed E-state index contributed by atoms with van der Waals surface area (Å²) >= 11 is 0. The molecule has 18 heavy (non-hydrogen) atoms. The van der Waals surface area contributed by atoms with Gasteiger partial charge >= 0.3 is 7.12 Å². The van der Waals surface area contributed by atoms with Crippen LogP contribution in [0.15, 0.2) is 12.3 Å². The second kappa shape index (κ2) is 4.61. The fourth-order valence-electron chi connectivity index (χ4n) is 1.56.